The van der Waals surface area contributed by atoms with Crippen LogP contribution in [0.25, 0.3) is 0 Å². The van der Waals surface area contributed by atoms with E-state index >= 15 is 0 Å². The highest BCUT2D eigenvalue weighted by Crippen LogP contribution is 2.35. The summed E-state index contributed by atoms with van der Waals surface area (Å²) in [7, 11) is -3.26. The van der Waals surface area contributed by atoms with Gasteiger partial charge in [-0.15, -0.1) is 11.3 Å². The number of nitrogens with zero attached hydrogens (tertiary/aromatic N) is 2. The van der Waals surface area contributed by atoms with Crippen LogP contribution in [-0.2, 0) is 14.8 Å². The van der Waals surface area contributed by atoms with Crippen LogP contribution in [0.2, 0.25) is 0 Å². The van der Waals surface area contributed by atoms with Gasteiger partial charge in [0.1, 0.15) is 5.00 Å². The summed E-state index contributed by atoms with van der Waals surface area (Å²) in [6, 6.07) is 10.6. The summed E-state index contributed by atoms with van der Waals surface area (Å²) in [5, 5.41) is 1.07. The number of aromatic nitrogens is 1. The Bertz CT molecular complexity index is 866. The van der Waals surface area contributed by atoms with Gasteiger partial charge in [-0.25, -0.2) is 13.1 Å². The second-order valence-corrected chi connectivity index (χ2v) is 10.7. The lowest BCUT2D eigenvalue weighted by Crippen LogP contribution is -2.47. The van der Waals surface area contributed by atoms with Crippen molar-refractivity contribution in [2.45, 2.75) is 56.2 Å². The zero-order valence-corrected chi connectivity index (χ0v) is 18.4. The number of ether oxygens (including phenoxy) is 1. The molecular weight excluding hydrogens is 406 g/mol. The van der Waals surface area contributed by atoms with Gasteiger partial charge in [0, 0.05) is 12.6 Å². The fraction of sp³-hybridized carbons (Fsp3) is 0.571. The zero-order valence-electron chi connectivity index (χ0n) is 16.7. The van der Waals surface area contributed by atoms with Gasteiger partial charge in [-0.05, 0) is 43.6 Å². The Morgan fingerprint density at radius 1 is 1.17 bits per heavy atom. The molecule has 6 nitrogen and oxygen atoms in total. The minimum absolute atomic E-state index is 0.00276. The predicted octanol–water partition coefficient (Wildman–Crippen LogP) is 3.38. The minimum atomic E-state index is -3.26. The van der Waals surface area contributed by atoms with E-state index in [1.54, 1.807) is 11.3 Å². The Balaban J connectivity index is 1.36. The van der Waals surface area contributed by atoms with Crippen LogP contribution in [0.3, 0.4) is 0 Å². The molecule has 2 aliphatic rings. The molecule has 1 aromatic heterocycles. The number of rotatable bonds is 7. The fourth-order valence-corrected chi connectivity index (χ4v) is 6.16. The molecule has 158 valence electrons. The summed E-state index contributed by atoms with van der Waals surface area (Å²) in [5.74, 6) is 0.621. The molecule has 0 unspecified atom stereocenters. The largest absolute Gasteiger partial charge is 0.376 e. The first-order valence-corrected chi connectivity index (χ1v) is 13.1. The van der Waals surface area contributed by atoms with E-state index < -0.39 is 10.0 Å². The third kappa shape index (κ3) is 5.36. The van der Waals surface area contributed by atoms with Gasteiger partial charge in [-0.1, -0.05) is 30.3 Å². The quantitative estimate of drug-likeness (QED) is 0.722. The lowest BCUT2D eigenvalue weighted by atomic mass is 9.83. The van der Waals surface area contributed by atoms with E-state index in [1.807, 2.05) is 11.7 Å². The second kappa shape index (κ2) is 9.12. The maximum Gasteiger partial charge on any atom is 0.209 e. The Labute approximate surface area is 177 Å². The molecule has 0 radical (unpaired) electrons. The van der Waals surface area contributed by atoms with Crippen molar-refractivity contribution < 1.29 is 13.2 Å². The number of hydrogen-bond donors (Lipinski definition) is 1. The second-order valence-electron chi connectivity index (χ2n) is 8.10. The first-order chi connectivity index (χ1) is 14.0. The number of anilines is 1. The van der Waals surface area contributed by atoms with E-state index in [0.29, 0.717) is 12.5 Å². The van der Waals surface area contributed by atoms with Crippen molar-refractivity contribution in [2.75, 3.05) is 24.3 Å². The zero-order chi connectivity index (χ0) is 20.3. The number of nitrogens with one attached hydrogen (secondary N) is 1. The first-order valence-electron chi connectivity index (χ1n) is 10.3. The van der Waals surface area contributed by atoms with Crippen molar-refractivity contribution in [3.8, 4) is 0 Å². The van der Waals surface area contributed by atoms with Gasteiger partial charge in [0.15, 0.2) is 0 Å². The molecule has 2 fully saturated rings. The third-order valence-corrected chi connectivity index (χ3v) is 7.60. The van der Waals surface area contributed by atoms with Crippen molar-refractivity contribution in [1.29, 1.82) is 0 Å². The maximum atomic E-state index is 11.8. The van der Waals surface area contributed by atoms with Crippen LogP contribution in [0.15, 0.2) is 42.0 Å². The van der Waals surface area contributed by atoms with Crippen molar-refractivity contribution >= 4 is 26.4 Å². The molecule has 0 bridgehead atoms. The smallest absolute Gasteiger partial charge is 0.209 e. The van der Waals surface area contributed by atoms with Crippen LogP contribution in [0.5, 0.6) is 0 Å². The third-order valence-electron chi connectivity index (χ3n) is 6.06. The molecule has 1 aliphatic heterocycles. The minimum Gasteiger partial charge on any atom is -0.376 e. The molecule has 29 heavy (non-hydrogen) atoms. The van der Waals surface area contributed by atoms with E-state index in [9.17, 15) is 8.42 Å². The average Bonchev–Trinajstić information content (AvgIpc) is 3.36. The molecule has 0 spiro atoms. The monoisotopic (exact) mass is 435 g/mol. The van der Waals surface area contributed by atoms with E-state index in [4.69, 9.17) is 4.74 Å². The number of hydrogen-bond acceptors (Lipinski definition) is 6. The lowest BCUT2D eigenvalue weighted by molar-refractivity contribution is 0.0157. The topological polar surface area (TPSA) is 71.5 Å². The number of benzene rings is 1. The Hall–Kier alpha value is -1.48. The molecule has 2 atom stereocenters. The number of sulfonamides is 1. The molecule has 8 heteroatoms. The van der Waals surface area contributed by atoms with Gasteiger partial charge in [0.25, 0.3) is 0 Å². The summed E-state index contributed by atoms with van der Waals surface area (Å²) >= 11 is 1.59. The SMILES string of the molecule is CS(=O)(=O)N[C@H]1CCN(c2cncs2)[C@H]1CO[C@H]1CC[C@@H](c2ccccc2)CC1. The molecule has 2 aromatic rings. The molecule has 0 amide bonds. The summed E-state index contributed by atoms with van der Waals surface area (Å²) < 4.78 is 32.8. The van der Waals surface area contributed by atoms with E-state index in [1.165, 1.54) is 11.8 Å². The summed E-state index contributed by atoms with van der Waals surface area (Å²) in [6.45, 7) is 1.34. The van der Waals surface area contributed by atoms with E-state index in [2.05, 4.69) is 44.9 Å². The van der Waals surface area contributed by atoms with Crippen molar-refractivity contribution in [3.63, 3.8) is 0 Å². The van der Waals surface area contributed by atoms with Crippen LogP contribution >= 0.6 is 11.3 Å². The molecular formula is C21H29N3O3S2. The van der Waals surface area contributed by atoms with E-state index in [-0.39, 0.29) is 18.2 Å². The van der Waals surface area contributed by atoms with Gasteiger partial charge in [0.2, 0.25) is 10.0 Å². The Morgan fingerprint density at radius 3 is 2.59 bits per heavy atom. The average molecular weight is 436 g/mol. The van der Waals surface area contributed by atoms with Crippen LogP contribution in [0, 0.1) is 0 Å². The van der Waals surface area contributed by atoms with Crippen LogP contribution < -0.4 is 9.62 Å². The summed E-state index contributed by atoms with van der Waals surface area (Å²) in [5.41, 5.74) is 3.24. The molecule has 1 N–H and O–H groups in total. The van der Waals surface area contributed by atoms with Gasteiger partial charge in [-0.2, -0.15) is 0 Å². The maximum absolute atomic E-state index is 11.8. The molecule has 4 rings (SSSR count). The lowest BCUT2D eigenvalue weighted by Gasteiger charge is -2.33. The molecule has 1 aromatic carbocycles. The van der Waals surface area contributed by atoms with Gasteiger partial charge in [-0.3, -0.25) is 4.98 Å². The van der Waals surface area contributed by atoms with Crippen molar-refractivity contribution in [1.82, 2.24) is 9.71 Å². The highest BCUT2D eigenvalue weighted by atomic mass is 32.2. The molecule has 1 aliphatic carbocycles. The van der Waals surface area contributed by atoms with E-state index in [0.717, 1.165) is 43.6 Å². The van der Waals surface area contributed by atoms with Crippen molar-refractivity contribution in [2.24, 2.45) is 0 Å². The first kappa shape index (κ1) is 20.8. The molecule has 1 saturated heterocycles. The Kier molecular flexibility index (Phi) is 6.53. The molecule has 1 saturated carbocycles. The normalized spacial score (nSPS) is 28.0. The van der Waals surface area contributed by atoms with Gasteiger partial charge < -0.3 is 9.64 Å². The Morgan fingerprint density at radius 2 is 1.93 bits per heavy atom. The highest BCUT2D eigenvalue weighted by Gasteiger charge is 2.37. The standard InChI is InChI=1S/C21H29N3O3S2/c1-29(25,26)23-19-11-12-24(21-13-22-15-28-21)20(19)14-27-18-9-7-17(8-10-18)16-5-3-2-4-6-16/h2-6,13,15,17-20,23H,7-12,14H2,1H3/t17-,18+,19-,20-/m0/s1. The summed E-state index contributed by atoms with van der Waals surface area (Å²) in [4.78, 5) is 6.43. The number of thiazole rings is 1. The van der Waals surface area contributed by atoms with Crippen molar-refractivity contribution in [3.05, 3.63) is 47.6 Å². The van der Waals surface area contributed by atoms with Crippen LogP contribution in [0.1, 0.15) is 43.6 Å². The van der Waals surface area contributed by atoms with Crippen LogP contribution in [-0.4, -0.2) is 51.0 Å². The predicted molar refractivity (Wildman–Crippen MR) is 117 cm³/mol. The van der Waals surface area contributed by atoms with Gasteiger partial charge in [0.05, 0.1) is 36.7 Å². The van der Waals surface area contributed by atoms with Gasteiger partial charge >= 0.3 is 0 Å². The molecule has 2 heterocycles. The summed E-state index contributed by atoms with van der Waals surface area (Å²) in [6.07, 6.45) is 8.49. The highest BCUT2D eigenvalue weighted by molar-refractivity contribution is 7.88. The van der Waals surface area contributed by atoms with Crippen LogP contribution in [0.4, 0.5) is 5.00 Å². The fourth-order valence-electron chi connectivity index (χ4n) is 4.62.